The highest BCUT2D eigenvalue weighted by Crippen LogP contribution is 2.27. The van der Waals surface area contributed by atoms with Gasteiger partial charge in [-0.25, -0.2) is 8.42 Å². The van der Waals surface area contributed by atoms with Crippen LogP contribution in [0.1, 0.15) is 28.8 Å². The predicted octanol–water partition coefficient (Wildman–Crippen LogP) is 1.22. The van der Waals surface area contributed by atoms with Crippen LogP contribution in [0.3, 0.4) is 0 Å². The topological polar surface area (TPSA) is 69.7 Å². The van der Waals surface area contributed by atoms with Crippen molar-refractivity contribution in [1.82, 2.24) is 10.2 Å². The molecular weight excluding hydrogens is 326 g/mol. The number of carbonyl (C=O) groups excluding carboxylic acids is 1. The van der Waals surface area contributed by atoms with Crippen molar-refractivity contribution in [2.24, 2.45) is 5.92 Å². The Balaban J connectivity index is 1.77. The Morgan fingerprint density at radius 2 is 2.12 bits per heavy atom. The van der Waals surface area contributed by atoms with Gasteiger partial charge in [0.1, 0.15) is 0 Å². The van der Waals surface area contributed by atoms with Gasteiger partial charge < -0.3 is 10.2 Å². The fourth-order valence-corrected chi connectivity index (χ4v) is 5.17. The second-order valence-electron chi connectivity index (χ2n) is 6.70. The molecule has 0 aliphatic carbocycles. The molecule has 2 heterocycles. The first-order valence-corrected chi connectivity index (χ1v) is 10.1. The maximum Gasteiger partial charge on any atom is 0.254 e. The van der Waals surface area contributed by atoms with Crippen LogP contribution in [-0.4, -0.2) is 58.2 Å². The number of nitrogens with zero attached hydrogens (tertiary/aromatic N) is 2. The van der Waals surface area contributed by atoms with Crippen molar-refractivity contribution in [2.45, 2.75) is 19.8 Å². The molecule has 2 saturated heterocycles. The van der Waals surface area contributed by atoms with Gasteiger partial charge in [-0.05, 0) is 63.0 Å². The van der Waals surface area contributed by atoms with E-state index in [-0.39, 0.29) is 11.7 Å². The van der Waals surface area contributed by atoms with E-state index in [1.54, 1.807) is 12.1 Å². The van der Waals surface area contributed by atoms with Crippen molar-refractivity contribution in [3.8, 4) is 0 Å². The minimum Gasteiger partial charge on any atom is -0.338 e. The third-order valence-electron chi connectivity index (χ3n) is 4.89. The van der Waals surface area contributed by atoms with Crippen LogP contribution in [0, 0.1) is 12.8 Å². The zero-order valence-corrected chi connectivity index (χ0v) is 15.1. The molecule has 3 rings (SSSR count). The summed E-state index contributed by atoms with van der Waals surface area (Å²) in [4.78, 5) is 14.7. The van der Waals surface area contributed by atoms with Crippen molar-refractivity contribution in [3.05, 3.63) is 29.3 Å². The Kier molecular flexibility index (Phi) is 4.83. The van der Waals surface area contributed by atoms with E-state index in [2.05, 4.69) is 5.32 Å². The second-order valence-corrected chi connectivity index (χ2v) is 8.72. The number of hydrogen-bond acceptors (Lipinski definition) is 4. The lowest BCUT2D eigenvalue weighted by molar-refractivity contribution is 0.0786. The molecule has 1 aromatic carbocycles. The fraction of sp³-hybridized carbons (Fsp3) is 0.588. The van der Waals surface area contributed by atoms with Crippen molar-refractivity contribution in [3.63, 3.8) is 0 Å². The first kappa shape index (κ1) is 17.2. The number of benzene rings is 1. The molecule has 0 aromatic heterocycles. The molecule has 1 amide bonds. The van der Waals surface area contributed by atoms with E-state index < -0.39 is 10.0 Å². The summed E-state index contributed by atoms with van der Waals surface area (Å²) in [6.07, 6.45) is 1.68. The van der Waals surface area contributed by atoms with Gasteiger partial charge in [0.2, 0.25) is 10.0 Å². The van der Waals surface area contributed by atoms with E-state index in [9.17, 15) is 13.2 Å². The highest BCUT2D eigenvalue weighted by atomic mass is 32.2. The van der Waals surface area contributed by atoms with Crippen LogP contribution < -0.4 is 9.62 Å². The monoisotopic (exact) mass is 351 g/mol. The Hall–Kier alpha value is -1.60. The van der Waals surface area contributed by atoms with Crippen LogP contribution in [-0.2, 0) is 10.0 Å². The first-order chi connectivity index (χ1) is 11.4. The van der Waals surface area contributed by atoms with Crippen molar-refractivity contribution in [2.75, 3.05) is 43.3 Å². The lowest BCUT2D eigenvalue weighted by Gasteiger charge is -2.21. The van der Waals surface area contributed by atoms with E-state index in [0.29, 0.717) is 30.1 Å². The van der Waals surface area contributed by atoms with Crippen molar-refractivity contribution >= 4 is 21.6 Å². The van der Waals surface area contributed by atoms with E-state index in [0.717, 1.165) is 31.6 Å². The minimum atomic E-state index is -3.19. The van der Waals surface area contributed by atoms with Gasteiger partial charge in [-0.15, -0.1) is 0 Å². The Morgan fingerprint density at radius 1 is 1.33 bits per heavy atom. The SMILES string of the molecule is CNCC1CCN(C(=O)c2ccc(N3CCCS3(=O)=O)cc2C)C1. The molecule has 0 bridgehead atoms. The van der Waals surface area contributed by atoms with Crippen molar-refractivity contribution < 1.29 is 13.2 Å². The number of nitrogens with one attached hydrogen (secondary N) is 1. The van der Waals surface area contributed by atoms with Gasteiger partial charge in [-0.3, -0.25) is 9.10 Å². The van der Waals surface area contributed by atoms with Crippen LogP contribution >= 0.6 is 0 Å². The van der Waals surface area contributed by atoms with Crippen LogP contribution in [0.15, 0.2) is 18.2 Å². The Morgan fingerprint density at radius 3 is 2.75 bits per heavy atom. The van der Waals surface area contributed by atoms with Gasteiger partial charge in [0.05, 0.1) is 11.4 Å². The van der Waals surface area contributed by atoms with Crippen LogP contribution in [0.25, 0.3) is 0 Å². The van der Waals surface area contributed by atoms with Gasteiger partial charge >= 0.3 is 0 Å². The highest BCUT2D eigenvalue weighted by Gasteiger charge is 2.30. The van der Waals surface area contributed by atoms with Crippen LogP contribution in [0.4, 0.5) is 5.69 Å². The number of aryl methyl sites for hydroxylation is 1. The number of anilines is 1. The van der Waals surface area contributed by atoms with Gasteiger partial charge in [0.25, 0.3) is 5.91 Å². The van der Waals surface area contributed by atoms with Crippen LogP contribution in [0.5, 0.6) is 0 Å². The molecule has 2 fully saturated rings. The average molecular weight is 351 g/mol. The Bertz CT molecular complexity index is 733. The number of rotatable bonds is 4. The molecule has 1 unspecified atom stereocenters. The smallest absolute Gasteiger partial charge is 0.254 e. The summed E-state index contributed by atoms with van der Waals surface area (Å²) in [5.74, 6) is 0.753. The molecule has 0 saturated carbocycles. The average Bonchev–Trinajstić information content (AvgIpc) is 3.13. The molecule has 1 aromatic rings. The predicted molar refractivity (Wildman–Crippen MR) is 94.9 cm³/mol. The first-order valence-electron chi connectivity index (χ1n) is 8.47. The summed E-state index contributed by atoms with van der Waals surface area (Å²) in [7, 11) is -1.26. The lowest BCUT2D eigenvalue weighted by Crippen LogP contribution is -2.31. The van der Waals surface area contributed by atoms with E-state index >= 15 is 0 Å². The zero-order valence-electron chi connectivity index (χ0n) is 14.3. The van der Waals surface area contributed by atoms with Gasteiger partial charge in [-0.1, -0.05) is 0 Å². The third-order valence-corrected chi connectivity index (χ3v) is 6.76. The summed E-state index contributed by atoms with van der Waals surface area (Å²) < 4.78 is 25.5. The molecule has 7 heteroatoms. The molecule has 1 N–H and O–H groups in total. The largest absolute Gasteiger partial charge is 0.338 e. The quantitative estimate of drug-likeness (QED) is 0.885. The lowest BCUT2D eigenvalue weighted by atomic mass is 10.1. The van der Waals surface area contributed by atoms with Gasteiger partial charge in [0.15, 0.2) is 0 Å². The number of carbonyl (C=O) groups is 1. The standard InChI is InChI=1S/C17H25N3O3S/c1-13-10-15(20-7-3-9-24(20,22)23)4-5-16(13)17(21)19-8-6-14(12-19)11-18-2/h4-5,10,14,18H,3,6-9,11-12H2,1-2H3. The molecule has 0 radical (unpaired) electrons. The summed E-state index contributed by atoms with van der Waals surface area (Å²) in [5.41, 5.74) is 2.16. The minimum absolute atomic E-state index is 0.0435. The molecule has 1 atom stereocenters. The number of sulfonamides is 1. The zero-order chi connectivity index (χ0) is 17.3. The molecule has 2 aliphatic heterocycles. The highest BCUT2D eigenvalue weighted by molar-refractivity contribution is 7.93. The van der Waals surface area contributed by atoms with Gasteiger partial charge in [-0.2, -0.15) is 0 Å². The van der Waals surface area contributed by atoms with E-state index in [1.807, 2.05) is 24.9 Å². The summed E-state index contributed by atoms with van der Waals surface area (Å²) in [6.45, 7) is 4.89. The van der Waals surface area contributed by atoms with Gasteiger partial charge in [0, 0.05) is 25.2 Å². The normalized spacial score (nSPS) is 23.0. The molecular formula is C17H25N3O3S. The van der Waals surface area contributed by atoms with Crippen molar-refractivity contribution in [1.29, 1.82) is 0 Å². The molecule has 0 spiro atoms. The third kappa shape index (κ3) is 3.28. The summed E-state index contributed by atoms with van der Waals surface area (Å²) >= 11 is 0. The number of hydrogen-bond donors (Lipinski definition) is 1. The molecule has 24 heavy (non-hydrogen) atoms. The maximum absolute atomic E-state index is 12.8. The molecule has 6 nitrogen and oxygen atoms in total. The molecule has 132 valence electrons. The van der Waals surface area contributed by atoms with E-state index in [4.69, 9.17) is 0 Å². The van der Waals surface area contributed by atoms with Crippen LogP contribution in [0.2, 0.25) is 0 Å². The second kappa shape index (κ2) is 6.72. The fourth-order valence-electron chi connectivity index (χ4n) is 3.62. The van der Waals surface area contributed by atoms with E-state index in [1.165, 1.54) is 4.31 Å². The summed E-state index contributed by atoms with van der Waals surface area (Å²) in [5, 5.41) is 3.17. The number of amides is 1. The maximum atomic E-state index is 12.8. The number of likely N-dealkylation sites (tertiary alicyclic amines) is 1. The Labute approximate surface area is 143 Å². The summed E-state index contributed by atoms with van der Waals surface area (Å²) in [6, 6.07) is 5.34. The molecule has 2 aliphatic rings.